The Morgan fingerprint density at radius 1 is 1.05 bits per heavy atom. The first-order valence-electron chi connectivity index (χ1n) is 6.08. The molecule has 0 unspecified atom stereocenters. The molecule has 0 radical (unpaired) electrons. The summed E-state index contributed by atoms with van der Waals surface area (Å²) in [6.45, 7) is 0. The highest BCUT2D eigenvalue weighted by Gasteiger charge is 2.16. The van der Waals surface area contributed by atoms with Gasteiger partial charge in [-0.05, 0) is 18.2 Å². The Bertz CT molecular complexity index is 605. The maximum atomic E-state index is 13.6. The van der Waals surface area contributed by atoms with Crippen molar-refractivity contribution in [1.82, 2.24) is 0 Å². The van der Waals surface area contributed by atoms with E-state index in [1.54, 1.807) is 6.07 Å². The maximum absolute atomic E-state index is 13.6. The Morgan fingerprint density at radius 3 is 2.35 bits per heavy atom. The van der Waals surface area contributed by atoms with Gasteiger partial charge in [0.25, 0.3) is 0 Å². The summed E-state index contributed by atoms with van der Waals surface area (Å²) < 4.78 is 19.2. The molecule has 2 N–H and O–H groups in total. The van der Waals surface area contributed by atoms with Crippen LogP contribution in [0.2, 0.25) is 0 Å². The minimum atomic E-state index is -1.83. The first-order chi connectivity index (χ1) is 9.47. The van der Waals surface area contributed by atoms with Crippen LogP contribution in [0.3, 0.4) is 0 Å². The normalized spacial score (nSPS) is 10.2. The molecule has 0 aliphatic rings. The molecule has 0 heterocycles. The van der Waals surface area contributed by atoms with Crippen molar-refractivity contribution in [3.05, 3.63) is 48.3 Å². The number of ether oxygens (including phenoxy) is 1. The van der Waals surface area contributed by atoms with Gasteiger partial charge in [0.1, 0.15) is 17.3 Å². The van der Waals surface area contributed by atoms with Crippen LogP contribution in [0, 0.1) is 5.82 Å². The molecule has 0 saturated carbocycles. The van der Waals surface area contributed by atoms with Gasteiger partial charge in [0.15, 0.2) is 0 Å². The third-order valence-corrected chi connectivity index (χ3v) is 2.82. The Morgan fingerprint density at radius 2 is 1.75 bits per heavy atom. The lowest BCUT2D eigenvalue weighted by atomic mass is 9.80. The van der Waals surface area contributed by atoms with E-state index in [9.17, 15) is 4.39 Å². The summed E-state index contributed by atoms with van der Waals surface area (Å²) in [5.41, 5.74) is 0.782. The topological polar surface area (TPSA) is 52.9 Å². The molecule has 0 aromatic heterocycles. The molecule has 0 aliphatic carbocycles. The van der Waals surface area contributed by atoms with Crippen molar-refractivity contribution in [3.63, 3.8) is 0 Å². The number of halogens is 1. The van der Waals surface area contributed by atoms with Gasteiger partial charge in [-0.15, -0.1) is 0 Å². The standard InChI is InChI=1S/C14H15BFNO3/c1-17(2)10-4-3-5-11(8-10)20-12-6-7-13(15(18)19)14(16)9-12/h3-9,18-19H,1-2H3. The van der Waals surface area contributed by atoms with Crippen molar-refractivity contribution in [2.24, 2.45) is 0 Å². The van der Waals surface area contributed by atoms with Gasteiger partial charge in [-0.1, -0.05) is 12.1 Å². The molecule has 0 fully saturated rings. The monoisotopic (exact) mass is 275 g/mol. The Kier molecular flexibility index (Phi) is 4.27. The van der Waals surface area contributed by atoms with E-state index >= 15 is 0 Å². The lowest BCUT2D eigenvalue weighted by Gasteiger charge is -2.14. The molecule has 4 nitrogen and oxygen atoms in total. The van der Waals surface area contributed by atoms with Crippen LogP contribution >= 0.6 is 0 Å². The molecule has 6 heteroatoms. The van der Waals surface area contributed by atoms with Crippen LogP contribution in [0.5, 0.6) is 11.5 Å². The molecular formula is C14H15BFNO3. The molecular weight excluding hydrogens is 260 g/mol. The first kappa shape index (κ1) is 14.4. The number of rotatable bonds is 4. The average Bonchev–Trinajstić information content (AvgIpc) is 2.38. The molecule has 0 aliphatic heterocycles. The molecule has 2 aromatic carbocycles. The summed E-state index contributed by atoms with van der Waals surface area (Å²) >= 11 is 0. The molecule has 0 amide bonds. The fraction of sp³-hybridized carbons (Fsp3) is 0.143. The Hall–Kier alpha value is -2.05. The van der Waals surface area contributed by atoms with Crippen molar-refractivity contribution in [1.29, 1.82) is 0 Å². The van der Waals surface area contributed by atoms with Crippen LogP contribution in [0.15, 0.2) is 42.5 Å². The van der Waals surface area contributed by atoms with Crippen molar-refractivity contribution in [2.45, 2.75) is 0 Å². The third-order valence-electron chi connectivity index (χ3n) is 2.82. The highest BCUT2D eigenvalue weighted by atomic mass is 19.1. The van der Waals surface area contributed by atoms with Gasteiger partial charge in [0, 0.05) is 37.4 Å². The van der Waals surface area contributed by atoms with E-state index in [1.807, 2.05) is 37.2 Å². The van der Waals surface area contributed by atoms with Crippen LogP contribution in [0.4, 0.5) is 10.1 Å². The van der Waals surface area contributed by atoms with Gasteiger partial charge in [0.05, 0.1) is 0 Å². The lowest BCUT2D eigenvalue weighted by molar-refractivity contribution is 0.422. The molecule has 0 atom stereocenters. The van der Waals surface area contributed by atoms with E-state index in [0.717, 1.165) is 11.8 Å². The second-order valence-corrected chi connectivity index (χ2v) is 4.55. The predicted molar refractivity (Wildman–Crippen MR) is 77.1 cm³/mol. The Balaban J connectivity index is 2.22. The fourth-order valence-electron chi connectivity index (χ4n) is 1.74. The van der Waals surface area contributed by atoms with Crippen molar-refractivity contribution in [3.8, 4) is 11.5 Å². The van der Waals surface area contributed by atoms with Crippen LogP contribution in [-0.4, -0.2) is 31.3 Å². The minimum absolute atomic E-state index is 0.181. The smallest absolute Gasteiger partial charge is 0.457 e. The summed E-state index contributed by atoms with van der Waals surface area (Å²) in [5, 5.41) is 17.9. The van der Waals surface area contributed by atoms with Gasteiger partial charge in [-0.25, -0.2) is 4.39 Å². The molecule has 20 heavy (non-hydrogen) atoms. The summed E-state index contributed by atoms with van der Waals surface area (Å²) in [7, 11) is 1.99. The van der Waals surface area contributed by atoms with Crippen LogP contribution in [0.25, 0.3) is 0 Å². The summed E-state index contributed by atoms with van der Waals surface area (Å²) in [5.74, 6) is 0.150. The van der Waals surface area contributed by atoms with E-state index in [4.69, 9.17) is 14.8 Å². The first-order valence-corrected chi connectivity index (χ1v) is 6.08. The molecule has 0 spiro atoms. The van der Waals surface area contributed by atoms with Gasteiger partial charge in [-0.2, -0.15) is 0 Å². The van der Waals surface area contributed by atoms with E-state index < -0.39 is 12.9 Å². The fourth-order valence-corrected chi connectivity index (χ4v) is 1.74. The van der Waals surface area contributed by atoms with Gasteiger partial charge < -0.3 is 19.7 Å². The number of anilines is 1. The second-order valence-electron chi connectivity index (χ2n) is 4.55. The van der Waals surface area contributed by atoms with Crippen LogP contribution in [0.1, 0.15) is 0 Å². The summed E-state index contributed by atoms with van der Waals surface area (Å²) in [6, 6.07) is 11.3. The van der Waals surface area contributed by atoms with Crippen LogP contribution < -0.4 is 15.1 Å². The highest BCUT2D eigenvalue weighted by Crippen LogP contribution is 2.25. The number of hydrogen-bond acceptors (Lipinski definition) is 4. The SMILES string of the molecule is CN(C)c1cccc(Oc2ccc(B(O)O)c(F)c2)c1. The lowest BCUT2D eigenvalue weighted by Crippen LogP contribution is -2.32. The molecule has 0 saturated heterocycles. The molecule has 2 aromatic rings. The largest absolute Gasteiger partial charge is 0.491 e. The quantitative estimate of drug-likeness (QED) is 0.827. The van der Waals surface area contributed by atoms with E-state index in [-0.39, 0.29) is 5.46 Å². The molecule has 2 rings (SSSR count). The van der Waals surface area contributed by atoms with Crippen LogP contribution in [-0.2, 0) is 0 Å². The molecule has 0 bridgehead atoms. The summed E-state index contributed by atoms with van der Waals surface area (Å²) in [6.07, 6.45) is 0. The predicted octanol–water partition coefficient (Wildman–Crippen LogP) is 1.36. The summed E-state index contributed by atoms with van der Waals surface area (Å²) in [4.78, 5) is 1.93. The van der Waals surface area contributed by atoms with Crippen molar-refractivity contribution >= 4 is 18.3 Å². The zero-order chi connectivity index (χ0) is 14.7. The van der Waals surface area contributed by atoms with E-state index in [1.165, 1.54) is 12.1 Å². The average molecular weight is 275 g/mol. The third kappa shape index (κ3) is 3.29. The van der Waals surface area contributed by atoms with Gasteiger partial charge in [-0.3, -0.25) is 0 Å². The maximum Gasteiger partial charge on any atom is 0.491 e. The van der Waals surface area contributed by atoms with Crippen molar-refractivity contribution < 1.29 is 19.2 Å². The van der Waals surface area contributed by atoms with Gasteiger partial charge in [0.2, 0.25) is 0 Å². The van der Waals surface area contributed by atoms with E-state index in [2.05, 4.69) is 0 Å². The zero-order valence-corrected chi connectivity index (χ0v) is 11.2. The van der Waals surface area contributed by atoms with E-state index in [0.29, 0.717) is 11.5 Å². The van der Waals surface area contributed by atoms with Crippen molar-refractivity contribution in [2.75, 3.05) is 19.0 Å². The minimum Gasteiger partial charge on any atom is -0.457 e. The Labute approximate surface area is 117 Å². The zero-order valence-electron chi connectivity index (χ0n) is 11.2. The second kappa shape index (κ2) is 5.94. The molecule has 104 valence electrons. The van der Waals surface area contributed by atoms with Gasteiger partial charge >= 0.3 is 7.12 Å². The number of hydrogen-bond donors (Lipinski definition) is 2. The number of benzene rings is 2. The number of nitrogens with zero attached hydrogens (tertiary/aromatic N) is 1. The highest BCUT2D eigenvalue weighted by molar-refractivity contribution is 6.58.